The van der Waals surface area contributed by atoms with Crippen molar-refractivity contribution in [1.82, 2.24) is 9.21 Å². The Morgan fingerprint density at radius 3 is 2.11 bits per heavy atom. The maximum atomic E-state index is 12.1. The van der Waals surface area contributed by atoms with E-state index in [1.54, 1.807) is 6.92 Å². The second-order valence-corrected chi connectivity index (χ2v) is 5.63. The largest absolute Gasteiger partial charge is 0.479 e. The monoisotopic (exact) mass is 302 g/mol. The van der Waals surface area contributed by atoms with Crippen molar-refractivity contribution in [2.75, 3.05) is 0 Å². The molecule has 19 heavy (non-hydrogen) atoms. The fourth-order valence-corrected chi connectivity index (χ4v) is 3.20. The Morgan fingerprint density at radius 2 is 1.79 bits per heavy atom. The van der Waals surface area contributed by atoms with Gasteiger partial charge in [0.15, 0.2) is 5.78 Å². The first-order valence-electron chi connectivity index (χ1n) is 5.20. The normalized spacial score (nSPS) is 36.4. The molecule has 1 N–H and O–H groups in total. The molecule has 7 nitrogen and oxygen atoms in total. The number of hydrogen-bond acceptors (Lipinski definition) is 6. The summed E-state index contributed by atoms with van der Waals surface area (Å²) in [6, 6.07) is -1.92. The van der Waals surface area contributed by atoms with Crippen LogP contribution >= 0.6 is 25.4 Å². The Kier molecular flexibility index (Phi) is 2.76. The zero-order valence-corrected chi connectivity index (χ0v) is 11.7. The van der Waals surface area contributed by atoms with Crippen LogP contribution in [-0.4, -0.2) is 48.4 Å². The number of imide groups is 2. The molecule has 0 aromatic rings. The van der Waals surface area contributed by atoms with Gasteiger partial charge in [-0.3, -0.25) is 4.79 Å². The summed E-state index contributed by atoms with van der Waals surface area (Å²) in [5, 5.41) is 9.37. The molecule has 2 atom stereocenters. The van der Waals surface area contributed by atoms with Gasteiger partial charge in [-0.05, 0) is 13.8 Å². The highest BCUT2D eigenvalue weighted by atomic mass is 32.1. The summed E-state index contributed by atoms with van der Waals surface area (Å²) in [5.41, 5.74) is -2.16. The van der Waals surface area contributed by atoms with Crippen LogP contribution in [0.15, 0.2) is 11.6 Å². The lowest BCUT2D eigenvalue weighted by atomic mass is 9.60. The lowest BCUT2D eigenvalue weighted by Crippen LogP contribution is -2.85. The van der Waals surface area contributed by atoms with Crippen molar-refractivity contribution in [2.45, 2.75) is 24.1 Å². The fraction of sp³-hybridized carbons (Fsp3) is 0.400. The summed E-state index contributed by atoms with van der Waals surface area (Å²) in [7, 11) is 0. The number of ketones is 1. The van der Waals surface area contributed by atoms with Crippen LogP contribution in [0.25, 0.3) is 0 Å². The van der Waals surface area contributed by atoms with E-state index in [0.29, 0.717) is 9.21 Å². The summed E-state index contributed by atoms with van der Waals surface area (Å²) >= 11 is 7.75. The minimum atomic E-state index is -2.31. The Balaban J connectivity index is 2.61. The van der Waals surface area contributed by atoms with E-state index in [1.807, 2.05) is 0 Å². The second kappa shape index (κ2) is 3.76. The number of carboxylic acids is 1. The summed E-state index contributed by atoms with van der Waals surface area (Å²) in [6.45, 7) is 2.93. The number of Topliss-reactive ketones (excluding diaryl/α,β-unsaturated/α-hetero) is 1. The van der Waals surface area contributed by atoms with E-state index in [4.69, 9.17) is 0 Å². The van der Waals surface area contributed by atoms with Gasteiger partial charge in [0.2, 0.25) is 5.54 Å². The van der Waals surface area contributed by atoms with Gasteiger partial charge in [-0.15, -0.1) is 0 Å². The smallest absolute Gasteiger partial charge is 0.348 e. The SMILES string of the molecule is C/C=C1\C(=O)C(C(=O)O)(N2C(=O)N(S)C2=O)C1(C)S. The first kappa shape index (κ1) is 13.9. The van der Waals surface area contributed by atoms with E-state index >= 15 is 0 Å². The average molecular weight is 302 g/mol. The van der Waals surface area contributed by atoms with Crippen molar-refractivity contribution in [3.63, 3.8) is 0 Å². The quantitative estimate of drug-likeness (QED) is 0.397. The topological polar surface area (TPSA) is 95.0 Å². The first-order valence-corrected chi connectivity index (χ1v) is 6.04. The Bertz CT molecular complexity index is 554. The number of carboxylic acid groups (broad SMARTS) is 1. The number of carbonyl (C=O) groups excluding carboxylic acids is 3. The van der Waals surface area contributed by atoms with Gasteiger partial charge in [0, 0.05) is 5.57 Å². The van der Waals surface area contributed by atoms with Gasteiger partial charge in [-0.2, -0.15) is 16.9 Å². The second-order valence-electron chi connectivity index (χ2n) is 4.33. The maximum absolute atomic E-state index is 12.1. The summed E-state index contributed by atoms with van der Waals surface area (Å²) in [6.07, 6.45) is 1.42. The summed E-state index contributed by atoms with van der Waals surface area (Å²) < 4.78 is -1.01. The molecule has 9 heteroatoms. The number of nitrogens with zero attached hydrogens (tertiary/aromatic N) is 2. The van der Waals surface area contributed by atoms with Crippen molar-refractivity contribution < 1.29 is 24.3 Å². The molecule has 2 fully saturated rings. The highest BCUT2D eigenvalue weighted by molar-refractivity contribution is 7.82. The number of amides is 4. The molecule has 2 rings (SSSR count). The minimum Gasteiger partial charge on any atom is -0.479 e. The number of urea groups is 2. The molecule has 1 saturated heterocycles. The summed E-state index contributed by atoms with van der Waals surface area (Å²) in [5.74, 6) is -2.41. The third kappa shape index (κ3) is 1.22. The molecule has 1 saturated carbocycles. The number of thiol groups is 2. The predicted molar refractivity (Wildman–Crippen MR) is 70.0 cm³/mol. The molecular weight excluding hydrogens is 292 g/mol. The molecule has 0 aromatic carbocycles. The fourth-order valence-electron chi connectivity index (χ4n) is 2.50. The molecule has 0 aromatic heterocycles. The van der Waals surface area contributed by atoms with Gasteiger partial charge < -0.3 is 5.11 Å². The third-order valence-corrected chi connectivity index (χ3v) is 4.39. The number of aliphatic carboxylic acids is 1. The van der Waals surface area contributed by atoms with Crippen LogP contribution in [0, 0.1) is 0 Å². The van der Waals surface area contributed by atoms with Crippen LogP contribution in [0.3, 0.4) is 0 Å². The molecule has 102 valence electrons. The van der Waals surface area contributed by atoms with Gasteiger partial charge in [0.25, 0.3) is 0 Å². The van der Waals surface area contributed by atoms with Gasteiger partial charge in [-0.25, -0.2) is 19.3 Å². The van der Waals surface area contributed by atoms with E-state index < -0.39 is 34.1 Å². The Labute approximate surface area is 119 Å². The van der Waals surface area contributed by atoms with Crippen LogP contribution in [-0.2, 0) is 9.59 Å². The van der Waals surface area contributed by atoms with Crippen molar-refractivity contribution in [3.05, 3.63) is 11.6 Å². The first-order chi connectivity index (χ1) is 8.65. The molecule has 1 heterocycles. The average Bonchev–Trinajstić information content (AvgIpc) is 2.33. The predicted octanol–water partition coefficient (Wildman–Crippen LogP) is 0.730. The molecule has 1 aliphatic heterocycles. The molecule has 2 unspecified atom stereocenters. The number of hydrogen-bond donors (Lipinski definition) is 3. The van der Waals surface area contributed by atoms with E-state index in [0.717, 1.165) is 0 Å². The van der Waals surface area contributed by atoms with E-state index in [9.17, 15) is 24.3 Å². The molecular formula is C10H10N2O5S2. The molecule has 4 amide bonds. The standard InChI is InChI=1S/C10H10N2O5S2/c1-3-4-5(13)10(6(14)15,9(4,2)18)11-7(16)12(19)8(11)17/h3,18-19H,1-2H3,(H,14,15)/b4-3+. The highest BCUT2D eigenvalue weighted by Gasteiger charge is 2.78. The van der Waals surface area contributed by atoms with Crippen molar-refractivity contribution >= 4 is 49.3 Å². The Hall–Kier alpha value is -1.48. The number of carbonyl (C=O) groups is 4. The minimum absolute atomic E-state index is 0.149. The zero-order valence-electron chi connectivity index (χ0n) is 9.95. The number of allylic oxidation sites excluding steroid dienone is 1. The van der Waals surface area contributed by atoms with E-state index in [2.05, 4.69) is 25.4 Å². The van der Waals surface area contributed by atoms with Crippen LogP contribution in [0.5, 0.6) is 0 Å². The van der Waals surface area contributed by atoms with Crippen LogP contribution in [0.4, 0.5) is 9.59 Å². The molecule has 0 bridgehead atoms. The van der Waals surface area contributed by atoms with Crippen molar-refractivity contribution in [2.24, 2.45) is 0 Å². The Morgan fingerprint density at radius 1 is 1.32 bits per heavy atom. The van der Waals surface area contributed by atoms with Gasteiger partial charge in [-0.1, -0.05) is 18.9 Å². The zero-order chi connectivity index (χ0) is 14.7. The molecule has 0 spiro atoms. The third-order valence-electron chi connectivity index (χ3n) is 3.48. The van der Waals surface area contributed by atoms with Crippen molar-refractivity contribution in [3.8, 4) is 0 Å². The molecule has 0 radical (unpaired) electrons. The van der Waals surface area contributed by atoms with Crippen LogP contribution < -0.4 is 0 Å². The highest BCUT2D eigenvalue weighted by Crippen LogP contribution is 2.54. The van der Waals surface area contributed by atoms with E-state index in [1.165, 1.54) is 13.0 Å². The van der Waals surface area contributed by atoms with Crippen molar-refractivity contribution in [1.29, 1.82) is 0 Å². The van der Waals surface area contributed by atoms with Gasteiger partial charge in [0.1, 0.15) is 0 Å². The summed E-state index contributed by atoms with van der Waals surface area (Å²) in [4.78, 5) is 47.3. The van der Waals surface area contributed by atoms with Gasteiger partial charge in [0.05, 0.1) is 4.75 Å². The van der Waals surface area contributed by atoms with E-state index in [-0.39, 0.29) is 5.57 Å². The van der Waals surface area contributed by atoms with Crippen LogP contribution in [0.1, 0.15) is 13.8 Å². The van der Waals surface area contributed by atoms with Gasteiger partial charge >= 0.3 is 18.0 Å². The lowest BCUT2D eigenvalue weighted by Gasteiger charge is -2.58. The molecule has 2 aliphatic rings. The van der Waals surface area contributed by atoms with Crippen LogP contribution in [0.2, 0.25) is 0 Å². The number of rotatable bonds is 2. The molecule has 1 aliphatic carbocycles. The maximum Gasteiger partial charge on any atom is 0.348 e. The lowest BCUT2D eigenvalue weighted by molar-refractivity contribution is -0.160.